The highest BCUT2D eigenvalue weighted by molar-refractivity contribution is 5.57. The lowest BCUT2D eigenvalue weighted by Crippen LogP contribution is -2.40. The number of hydrogen-bond donors (Lipinski definition) is 8. The number of hydrogen-bond acceptors (Lipinski definition) is 8. The molecular weight excluding hydrogens is 1060 g/mol. The highest BCUT2D eigenvalue weighted by Crippen LogP contribution is 2.58. The van der Waals surface area contributed by atoms with Crippen LogP contribution in [-0.2, 0) is 6.42 Å². The minimum Gasteiger partial charge on any atom is -0.512 e. The standard InChI is InChI=1S/C78H98O8/c1-44-32-70(81)48(5)28-60(44)74(61-29-49(6)71(82)33-45(61)2)66-38-52(22-24-68(66)79)36-56-40-58(42-64(76(56)85)54-18-12-9-13-19-54)78(26-16-11-17-27-78)59-41-57(77(86)65(43-59)55-20-14-10-15-21-55)37-53-23-25-69(80)67(39-53)75(62-30-50(7)72(83)34-46(62)3)63-31-51(8)73(84)35-47(63)4/h22,24-25,28,30-35,38,40-42,49,53-56,59,67,74-76,79-86H,9-21,23,26-27,29,36-37,39,43H2,1-8H3. The van der Waals surface area contributed by atoms with Gasteiger partial charge in [-0.25, -0.2) is 0 Å². The first-order valence-corrected chi connectivity index (χ1v) is 33.2. The van der Waals surface area contributed by atoms with Crippen LogP contribution in [0.4, 0.5) is 0 Å². The molecule has 0 aliphatic heterocycles. The Morgan fingerprint density at radius 3 is 1.73 bits per heavy atom. The van der Waals surface area contributed by atoms with Crippen molar-refractivity contribution in [1.29, 1.82) is 0 Å². The van der Waals surface area contributed by atoms with Crippen LogP contribution in [0.1, 0.15) is 215 Å². The second-order valence-corrected chi connectivity index (χ2v) is 28.3. The fourth-order valence-corrected chi connectivity index (χ4v) is 17.5. The molecule has 11 rings (SSSR count). The number of aryl methyl sites for hydroxylation is 6. The molecule has 0 amide bonds. The lowest BCUT2D eigenvalue weighted by Gasteiger charge is -2.49. The minimum absolute atomic E-state index is 0.0898. The first kappa shape index (κ1) is 61.3. The van der Waals surface area contributed by atoms with Crippen LogP contribution < -0.4 is 0 Å². The van der Waals surface area contributed by atoms with Crippen LogP contribution in [0.25, 0.3) is 0 Å². The number of allylic oxidation sites excluding steroid dienone is 11. The van der Waals surface area contributed by atoms with E-state index in [0.29, 0.717) is 61.2 Å². The summed E-state index contributed by atoms with van der Waals surface area (Å²) in [7, 11) is 0. The van der Waals surface area contributed by atoms with Crippen LogP contribution >= 0.6 is 0 Å². The van der Waals surface area contributed by atoms with Crippen molar-refractivity contribution in [3.63, 3.8) is 0 Å². The number of aliphatic hydroxyl groups is 4. The number of phenolic OH excluding ortho intramolecular Hbond substituents is 4. The third-order valence-corrected chi connectivity index (χ3v) is 22.5. The van der Waals surface area contributed by atoms with E-state index in [1.165, 1.54) is 48.8 Å². The van der Waals surface area contributed by atoms with E-state index in [1.807, 2.05) is 97.9 Å². The molecule has 7 atom stereocenters. The maximum Gasteiger partial charge on any atom is 0.119 e. The van der Waals surface area contributed by atoms with E-state index in [9.17, 15) is 40.9 Å². The van der Waals surface area contributed by atoms with Gasteiger partial charge in [-0.15, -0.1) is 0 Å². The molecule has 0 aromatic heterocycles. The first-order valence-electron chi connectivity index (χ1n) is 33.2. The number of aliphatic hydroxyl groups excluding tert-OH is 4. The lowest BCUT2D eigenvalue weighted by molar-refractivity contribution is 0.130. The minimum atomic E-state index is -0.662. The zero-order valence-electron chi connectivity index (χ0n) is 52.8. The summed E-state index contributed by atoms with van der Waals surface area (Å²) in [6, 6.07) is 17.8. The summed E-state index contributed by atoms with van der Waals surface area (Å²) in [5.74, 6) is 1.93. The van der Waals surface area contributed by atoms with Crippen molar-refractivity contribution in [3.05, 3.63) is 197 Å². The smallest absolute Gasteiger partial charge is 0.119 e. The number of aromatic hydroxyl groups is 4. The van der Waals surface area contributed by atoms with E-state index in [1.54, 1.807) is 0 Å². The van der Waals surface area contributed by atoms with Crippen LogP contribution in [0.5, 0.6) is 23.0 Å². The van der Waals surface area contributed by atoms with Crippen molar-refractivity contribution < 1.29 is 40.9 Å². The van der Waals surface area contributed by atoms with Crippen LogP contribution in [0, 0.1) is 88.4 Å². The lowest BCUT2D eigenvalue weighted by atomic mass is 9.56. The Balaban J connectivity index is 0.990. The van der Waals surface area contributed by atoms with Gasteiger partial charge in [0.2, 0.25) is 0 Å². The summed E-state index contributed by atoms with van der Waals surface area (Å²) in [6.45, 7) is 16.0. The van der Waals surface area contributed by atoms with E-state index < -0.39 is 6.10 Å². The Hall–Kier alpha value is -6.38. The Kier molecular flexibility index (Phi) is 18.1. The molecule has 7 aliphatic rings. The van der Waals surface area contributed by atoms with Crippen LogP contribution in [0.15, 0.2) is 136 Å². The predicted octanol–water partition coefficient (Wildman–Crippen LogP) is 19.2. The van der Waals surface area contributed by atoms with Crippen molar-refractivity contribution in [2.45, 2.75) is 208 Å². The molecule has 7 unspecified atom stereocenters. The Bertz CT molecular complexity index is 3390. The van der Waals surface area contributed by atoms with Crippen molar-refractivity contribution in [2.75, 3.05) is 0 Å². The molecule has 86 heavy (non-hydrogen) atoms. The quantitative estimate of drug-likeness (QED) is 0.0619. The van der Waals surface area contributed by atoms with Crippen molar-refractivity contribution >= 4 is 0 Å². The van der Waals surface area contributed by atoms with Crippen molar-refractivity contribution in [2.24, 2.45) is 46.8 Å². The second kappa shape index (κ2) is 25.4. The summed E-state index contributed by atoms with van der Waals surface area (Å²) in [4.78, 5) is 0. The fourth-order valence-electron chi connectivity index (χ4n) is 17.5. The zero-order valence-corrected chi connectivity index (χ0v) is 52.8. The van der Waals surface area contributed by atoms with Crippen molar-refractivity contribution in [1.82, 2.24) is 0 Å². The average molecular weight is 1160 g/mol. The van der Waals surface area contributed by atoms with Gasteiger partial charge in [0.25, 0.3) is 0 Å². The van der Waals surface area contributed by atoms with Crippen molar-refractivity contribution in [3.8, 4) is 23.0 Å². The van der Waals surface area contributed by atoms with Gasteiger partial charge in [-0.05, 0) is 269 Å². The maximum atomic E-state index is 13.0. The molecule has 0 heterocycles. The first-order chi connectivity index (χ1) is 41.2. The second-order valence-electron chi connectivity index (χ2n) is 28.3. The molecule has 458 valence electrons. The topological polar surface area (TPSA) is 162 Å². The predicted molar refractivity (Wildman–Crippen MR) is 347 cm³/mol. The highest BCUT2D eigenvalue weighted by atomic mass is 16.3. The average Bonchev–Trinajstić information content (AvgIpc) is 1.02. The van der Waals surface area contributed by atoms with E-state index >= 15 is 0 Å². The summed E-state index contributed by atoms with van der Waals surface area (Å²) in [5, 5.41) is 93.8. The van der Waals surface area contributed by atoms with E-state index in [2.05, 4.69) is 42.5 Å². The van der Waals surface area contributed by atoms with Gasteiger partial charge < -0.3 is 40.9 Å². The van der Waals surface area contributed by atoms with Crippen LogP contribution in [0.2, 0.25) is 0 Å². The van der Waals surface area contributed by atoms with Gasteiger partial charge in [-0.3, -0.25) is 0 Å². The molecule has 4 aromatic carbocycles. The van der Waals surface area contributed by atoms with Crippen LogP contribution in [0.3, 0.4) is 0 Å². The molecule has 0 bridgehead atoms. The summed E-state index contributed by atoms with van der Waals surface area (Å²) in [5.41, 5.74) is 16.8. The third-order valence-electron chi connectivity index (χ3n) is 22.5. The molecule has 0 radical (unpaired) electrons. The normalized spacial score (nSPS) is 25.6. The summed E-state index contributed by atoms with van der Waals surface area (Å²) in [6.07, 6.45) is 31.8. The van der Waals surface area contributed by atoms with E-state index in [0.717, 1.165) is 149 Å². The number of phenols is 4. The molecule has 0 spiro atoms. The van der Waals surface area contributed by atoms with E-state index in [-0.39, 0.29) is 69.8 Å². The number of benzene rings is 4. The SMILES string of the molecule is CC1=C(C(c2cc(C)c(O)cc2C)c2cc(CC3C=C(C4(C5C=C(CC6CC=C(O)C(C(c7cc(C)c(O)cc7C)c7cc(C)c(O)cc7C)C6)C(O)=C(C6CCCCC6)C5)CCCCC4)C=C(C4CCCCC4)C3O)ccc2O)CC(C)C(O)=C1. The van der Waals surface area contributed by atoms with Crippen LogP contribution in [-0.4, -0.2) is 47.0 Å². The maximum absolute atomic E-state index is 13.0. The molecule has 0 saturated heterocycles. The monoisotopic (exact) mass is 1160 g/mol. The molecular formula is C78H98O8. The molecule has 8 heteroatoms. The molecule has 7 aliphatic carbocycles. The Morgan fingerprint density at radius 1 is 0.547 bits per heavy atom. The zero-order chi connectivity index (χ0) is 60.9. The summed E-state index contributed by atoms with van der Waals surface area (Å²) >= 11 is 0. The van der Waals surface area contributed by atoms with Gasteiger partial charge in [-0.2, -0.15) is 0 Å². The van der Waals surface area contributed by atoms with Gasteiger partial charge in [0, 0.05) is 40.6 Å². The number of rotatable bonds is 14. The van der Waals surface area contributed by atoms with Gasteiger partial charge >= 0.3 is 0 Å². The fraction of sp³-hybridized carbons (Fsp3) is 0.513. The van der Waals surface area contributed by atoms with Gasteiger partial charge in [-0.1, -0.05) is 119 Å². The Labute approximate surface area is 513 Å². The molecule has 3 saturated carbocycles. The molecule has 4 aromatic rings. The van der Waals surface area contributed by atoms with Gasteiger partial charge in [0.05, 0.1) is 17.6 Å². The summed E-state index contributed by atoms with van der Waals surface area (Å²) < 4.78 is 0. The highest BCUT2D eigenvalue weighted by Gasteiger charge is 2.47. The Morgan fingerprint density at radius 2 is 1.12 bits per heavy atom. The molecule has 8 N–H and O–H groups in total. The van der Waals surface area contributed by atoms with Gasteiger partial charge in [0.15, 0.2) is 0 Å². The van der Waals surface area contributed by atoms with E-state index in [4.69, 9.17) is 0 Å². The molecule has 8 nitrogen and oxygen atoms in total. The third kappa shape index (κ3) is 12.2. The molecule has 3 fully saturated rings. The van der Waals surface area contributed by atoms with Gasteiger partial charge in [0.1, 0.15) is 28.8 Å². The largest absolute Gasteiger partial charge is 0.512 e.